The maximum Gasteiger partial charge on any atom is 0.151 e. The van der Waals surface area contributed by atoms with Crippen molar-refractivity contribution in [1.82, 2.24) is 125 Å². The summed E-state index contributed by atoms with van der Waals surface area (Å²) < 4.78 is 8.52. The van der Waals surface area contributed by atoms with Gasteiger partial charge in [-0.25, -0.2) is 23.4 Å². The number of likely N-dealkylation sites (tertiary alicyclic amines) is 2. The molecule has 17 heterocycles. The Balaban J connectivity index is 0.000000115. The second-order valence-electron chi connectivity index (χ2n) is 39.4. The molecule has 35 heteroatoms. The number of piperidine rings is 2. The number of fused-ring (bicyclic) bond motifs is 1. The average Bonchev–Trinajstić information content (AvgIpc) is 1.77. The second kappa shape index (κ2) is 41.4. The number of aliphatic hydroxyl groups excluding tert-OH is 1. The first-order valence-corrected chi connectivity index (χ1v) is 47.8. The fourth-order valence-corrected chi connectivity index (χ4v) is 20.5. The number of aromatic hydroxyl groups is 5. The molecule has 22 rings (SSSR count). The summed E-state index contributed by atoms with van der Waals surface area (Å²) in [5, 5.41) is 133. The molecule has 8 N–H and O–H groups in total. The maximum atomic E-state index is 10.5. The summed E-state index contributed by atoms with van der Waals surface area (Å²) in [6.07, 6.45) is 25.6. The van der Waals surface area contributed by atoms with Gasteiger partial charge in [-0.1, -0.05) is 0 Å². The zero-order valence-corrected chi connectivity index (χ0v) is 80.2. The predicted molar refractivity (Wildman–Crippen MR) is 536 cm³/mol. The van der Waals surface area contributed by atoms with E-state index in [-0.39, 0.29) is 52.0 Å². The lowest BCUT2D eigenvalue weighted by atomic mass is 9.72. The summed E-state index contributed by atoms with van der Waals surface area (Å²) in [5.41, 5.74) is 12.3. The minimum Gasteiger partial charge on any atom is -0.507 e. The molecule has 2 unspecified atom stereocenters. The molecule has 1 spiro atoms. The average molecular weight is 1880 g/mol. The summed E-state index contributed by atoms with van der Waals surface area (Å²) in [7, 11) is 6.48. The second-order valence-corrected chi connectivity index (χ2v) is 39.4. The first kappa shape index (κ1) is 94.8. The number of β-amino-alcohol motifs (C(OH)–C–C–N with tert-alkyl or cyclic N) is 1. The Labute approximate surface area is 809 Å². The van der Waals surface area contributed by atoms with Crippen molar-refractivity contribution >= 4 is 23.3 Å². The van der Waals surface area contributed by atoms with Gasteiger partial charge in [0.05, 0.1) is 69.2 Å². The van der Waals surface area contributed by atoms with E-state index < -0.39 is 0 Å². The van der Waals surface area contributed by atoms with Crippen LogP contribution in [0, 0.1) is 23.2 Å². The fourth-order valence-electron chi connectivity index (χ4n) is 20.5. The van der Waals surface area contributed by atoms with Crippen LogP contribution < -0.4 is 30.2 Å². The van der Waals surface area contributed by atoms with Gasteiger partial charge < -0.3 is 70.7 Å². The standard InChI is InChI=1S/C24H31N5O.C22H26N6O2.C20H24N6O.C19H20N6O.C19H22N6O/c1-23(2)15-17(16-24(3,4)28(23)5)13-18-7-10-21(27-26-18)20-9-8-19(14-22(20)30)29-12-6-11-25-29;29-13-12-26-10-6-22(15-26)7-11-27(16-22)21-5-4-19(24-25-21)18-3-2-17(14-20(18)30)28-9-1-8-23-28;1-24(2)16-5-3-11-25(14-16)20-9-8-18(22-23-20)17-7-6-15(13-19(17)27)26-12-4-10-21-26;26-18-8-15(25-7-1-6-21-25)2-3-16(18)17-4-5-19(23-22-17)24-11-13-9-20-10-14(13)12-24;1-19(2)13-24(11-9-20-19)18-7-6-16(22-23-18)15-5-4-14(12-17(15)26)25-10-3-8-21-25/h6-12,14,17,30H,13,15-16H2,1-5H3;1-5,8-9,14,29-30H,6-7,10-13,15-16H2;4,6-10,12-13,16,27H,3,5,11,14H2,1-2H3;1-8,13-14,20,26H,9-12H2;3-8,10,12,20,26H,9,11,13H2,1-2H3/t;;;13-,14+;. The Bertz CT molecular complexity index is 6500. The van der Waals surface area contributed by atoms with E-state index in [1.165, 1.54) is 12.8 Å². The minimum absolute atomic E-state index is 0.0548. The molecule has 0 radical (unpaired) electrons. The van der Waals surface area contributed by atoms with Crippen LogP contribution in [0.5, 0.6) is 28.7 Å². The van der Waals surface area contributed by atoms with Gasteiger partial charge in [0.15, 0.2) is 23.3 Å². The van der Waals surface area contributed by atoms with Gasteiger partial charge in [-0.3, -0.25) is 4.90 Å². The molecule has 10 aromatic heterocycles. The number of rotatable bonds is 19. The number of piperazine rings is 1. The van der Waals surface area contributed by atoms with E-state index in [0.717, 1.165) is 193 Å². The number of benzene rings is 5. The number of hydrogen-bond acceptors (Lipinski definition) is 30. The Hall–Kier alpha value is -14.5. The Kier molecular flexibility index (Phi) is 28.3. The lowest BCUT2D eigenvalue weighted by molar-refractivity contribution is -0.0299. The van der Waals surface area contributed by atoms with Gasteiger partial charge in [0.25, 0.3) is 0 Å². The quantitative estimate of drug-likeness (QED) is 0.0373. The maximum absolute atomic E-state index is 10.5. The van der Waals surface area contributed by atoms with Crippen molar-refractivity contribution < 1.29 is 30.6 Å². The van der Waals surface area contributed by atoms with Crippen LogP contribution in [-0.4, -0.2) is 287 Å². The van der Waals surface area contributed by atoms with E-state index in [4.69, 9.17) is 0 Å². The smallest absolute Gasteiger partial charge is 0.151 e. The number of nitrogens with zero attached hydrogens (tertiary/aromatic N) is 27. The number of phenolic OH excluding ortho intramolecular Hbond substituents is 5. The van der Waals surface area contributed by atoms with Crippen LogP contribution in [0.1, 0.15) is 85.8 Å². The summed E-state index contributed by atoms with van der Waals surface area (Å²) in [4.78, 5) is 16.3. The molecule has 0 amide bonds. The van der Waals surface area contributed by atoms with Gasteiger partial charge in [-0.05, 0) is 284 Å². The number of nitrogens with one attached hydrogen (secondary N) is 2. The Morgan fingerprint density at radius 3 is 1.12 bits per heavy atom. The molecule has 5 aromatic carbocycles. The third kappa shape index (κ3) is 22.2. The molecule has 139 heavy (non-hydrogen) atoms. The minimum atomic E-state index is 0.0548. The highest BCUT2D eigenvalue weighted by atomic mass is 16.3. The highest BCUT2D eigenvalue weighted by molar-refractivity contribution is 5.73. The van der Waals surface area contributed by atoms with Gasteiger partial charge in [0.1, 0.15) is 28.7 Å². The van der Waals surface area contributed by atoms with Crippen molar-refractivity contribution in [3.05, 3.63) is 250 Å². The predicted octanol–water partition coefficient (Wildman–Crippen LogP) is 12.9. The number of aromatic nitrogens is 20. The third-order valence-corrected chi connectivity index (χ3v) is 28.1. The molecule has 0 bridgehead atoms. The summed E-state index contributed by atoms with van der Waals surface area (Å²) >= 11 is 0. The van der Waals surface area contributed by atoms with Gasteiger partial charge in [-0.15, -0.1) is 40.8 Å². The molecule has 0 aliphatic carbocycles. The van der Waals surface area contributed by atoms with Gasteiger partial charge in [0.2, 0.25) is 0 Å². The van der Waals surface area contributed by atoms with E-state index in [1.807, 2.05) is 183 Å². The Morgan fingerprint density at radius 2 is 0.770 bits per heavy atom. The monoisotopic (exact) mass is 1870 g/mol. The zero-order valence-electron chi connectivity index (χ0n) is 80.2. The molecule has 35 nitrogen and oxygen atoms in total. The SMILES string of the molecule is CC1(C)CN(c2ccc(-c3ccc(-n4cccn4)cc3O)nn2)CCN1.CN(C)C1CCCN(c2ccc(-c3ccc(-n4cccn4)cc3O)nn2)C1.CN1C(C)(C)CC(Cc2ccc(-c3ccc(-n4cccn4)cc3O)nn2)CC1(C)C.OCCN1CCC2(CCN(c3ccc(-c4ccc(-n5cccn5)cc4O)nn3)C2)C1.Oc1cc(-n2cccn2)ccc1-c1ccc(N2C[C@H]3CNC[C@H]3C2)nn1. The number of aliphatic hydroxyl groups is 1. The van der Waals surface area contributed by atoms with Crippen molar-refractivity contribution in [3.8, 4) is 113 Å². The molecular formula is C104H123N29O6. The van der Waals surface area contributed by atoms with Crippen LogP contribution in [0.15, 0.2) is 244 Å². The molecule has 7 aliphatic rings. The van der Waals surface area contributed by atoms with Crippen molar-refractivity contribution in [3.63, 3.8) is 0 Å². The lowest BCUT2D eigenvalue weighted by Crippen LogP contribution is -2.58. The number of hydrogen-bond donors (Lipinski definition) is 8. The van der Waals surface area contributed by atoms with E-state index >= 15 is 0 Å². The molecule has 7 aliphatic heterocycles. The largest absolute Gasteiger partial charge is 0.507 e. The molecule has 0 saturated carbocycles. The first-order chi connectivity index (χ1) is 67.2. The van der Waals surface area contributed by atoms with E-state index in [1.54, 1.807) is 84.7 Å². The van der Waals surface area contributed by atoms with Crippen molar-refractivity contribution in [2.45, 2.75) is 109 Å². The van der Waals surface area contributed by atoms with E-state index in [2.05, 4.69) is 184 Å². The topological polar surface area (TPSA) is 386 Å². The summed E-state index contributed by atoms with van der Waals surface area (Å²) in [6.45, 7) is 27.7. The van der Waals surface area contributed by atoms with Crippen LogP contribution in [0.4, 0.5) is 23.3 Å². The van der Waals surface area contributed by atoms with Crippen LogP contribution in [0.3, 0.4) is 0 Å². The number of phenols is 5. The molecular weight excluding hydrogens is 1750 g/mol. The first-order valence-electron chi connectivity index (χ1n) is 47.8. The van der Waals surface area contributed by atoms with E-state index in [9.17, 15) is 30.6 Å². The van der Waals surface area contributed by atoms with Gasteiger partial charge in [0, 0.05) is 233 Å². The summed E-state index contributed by atoms with van der Waals surface area (Å²) in [5.74, 6) is 6.36. The fraction of sp³-hybridized carbons (Fsp3) is 0.375. The summed E-state index contributed by atoms with van der Waals surface area (Å²) in [6, 6.07) is 56.6. The Morgan fingerprint density at radius 1 is 0.396 bits per heavy atom. The molecule has 4 atom stereocenters. The van der Waals surface area contributed by atoms with Crippen LogP contribution in [0.25, 0.3) is 84.7 Å². The highest BCUT2D eigenvalue weighted by Gasteiger charge is 2.45. The van der Waals surface area contributed by atoms with Gasteiger partial charge >= 0.3 is 0 Å². The molecule has 720 valence electrons. The van der Waals surface area contributed by atoms with Crippen molar-refractivity contribution in [1.29, 1.82) is 0 Å². The van der Waals surface area contributed by atoms with Crippen LogP contribution in [-0.2, 0) is 6.42 Å². The molecule has 7 fully saturated rings. The van der Waals surface area contributed by atoms with Crippen LogP contribution in [0.2, 0.25) is 0 Å². The highest BCUT2D eigenvalue weighted by Crippen LogP contribution is 2.45. The zero-order chi connectivity index (χ0) is 96.5. The van der Waals surface area contributed by atoms with Crippen molar-refractivity contribution in [2.24, 2.45) is 23.2 Å². The molecule has 15 aromatic rings. The normalized spacial score (nSPS) is 19.4. The molecule has 7 saturated heterocycles. The number of anilines is 4. The third-order valence-electron chi connectivity index (χ3n) is 28.1. The van der Waals surface area contributed by atoms with Crippen molar-refractivity contribution in [2.75, 3.05) is 139 Å². The lowest BCUT2D eigenvalue weighted by Gasteiger charge is -2.53. The van der Waals surface area contributed by atoms with Crippen LogP contribution >= 0.6 is 0 Å². The van der Waals surface area contributed by atoms with Gasteiger partial charge in [-0.2, -0.15) is 35.7 Å². The van der Waals surface area contributed by atoms with E-state index in [0.29, 0.717) is 73.7 Å². The number of likely N-dealkylation sites (N-methyl/N-ethyl adjacent to an activating group) is 1.